The predicted octanol–water partition coefficient (Wildman–Crippen LogP) is 3.54. The summed E-state index contributed by atoms with van der Waals surface area (Å²) in [5.41, 5.74) is 8.30. The summed E-state index contributed by atoms with van der Waals surface area (Å²) in [4.78, 5) is 8.47. The van der Waals surface area contributed by atoms with Crippen LogP contribution < -0.4 is 10.5 Å². The standard InChI is InChI=1S/C15H12ClN3O/c1-20-12-5-3-2-4-10(12)11-8-9-6-7-13(16)18-15(9)19-14(11)17/h2-8H,1H3,(H2,17,18,19). The van der Waals surface area contributed by atoms with Gasteiger partial charge in [0.15, 0.2) is 5.65 Å². The molecule has 0 atom stereocenters. The number of hydrogen-bond donors (Lipinski definition) is 1. The van der Waals surface area contributed by atoms with E-state index in [-0.39, 0.29) is 0 Å². The minimum atomic E-state index is 0.398. The molecule has 0 radical (unpaired) electrons. The van der Waals surface area contributed by atoms with Crippen LogP contribution in [0, 0.1) is 0 Å². The van der Waals surface area contributed by atoms with Crippen LogP contribution in [0.15, 0.2) is 42.5 Å². The SMILES string of the molecule is COc1ccccc1-c1cc2ccc(Cl)nc2nc1N. The van der Waals surface area contributed by atoms with Crippen LogP contribution in [0.2, 0.25) is 5.15 Å². The van der Waals surface area contributed by atoms with E-state index in [1.54, 1.807) is 13.2 Å². The van der Waals surface area contributed by atoms with Crippen LogP contribution in [0.4, 0.5) is 5.82 Å². The summed E-state index contributed by atoms with van der Waals surface area (Å²) in [5.74, 6) is 1.15. The maximum absolute atomic E-state index is 6.04. The molecule has 0 spiro atoms. The number of pyridine rings is 2. The Balaban J connectivity index is 2.26. The molecule has 2 N–H and O–H groups in total. The molecule has 100 valence electrons. The van der Waals surface area contributed by atoms with Gasteiger partial charge in [-0.2, -0.15) is 0 Å². The summed E-state index contributed by atoms with van der Waals surface area (Å²) in [6.45, 7) is 0. The van der Waals surface area contributed by atoms with Gasteiger partial charge in [-0.15, -0.1) is 0 Å². The molecule has 0 saturated carbocycles. The first kappa shape index (κ1) is 12.7. The van der Waals surface area contributed by atoms with Crippen LogP contribution in [-0.4, -0.2) is 17.1 Å². The molecule has 0 aliphatic rings. The lowest BCUT2D eigenvalue weighted by molar-refractivity contribution is 0.416. The number of nitrogens with two attached hydrogens (primary N) is 1. The van der Waals surface area contributed by atoms with Crippen LogP contribution in [0.3, 0.4) is 0 Å². The van der Waals surface area contributed by atoms with E-state index in [0.29, 0.717) is 16.6 Å². The van der Waals surface area contributed by atoms with E-state index in [9.17, 15) is 0 Å². The van der Waals surface area contributed by atoms with Gasteiger partial charge in [0.25, 0.3) is 0 Å². The summed E-state index contributed by atoms with van der Waals surface area (Å²) >= 11 is 5.86. The number of hydrogen-bond acceptors (Lipinski definition) is 4. The van der Waals surface area contributed by atoms with Gasteiger partial charge in [0.05, 0.1) is 7.11 Å². The summed E-state index contributed by atoms with van der Waals surface area (Å²) in [6.07, 6.45) is 0. The Morgan fingerprint density at radius 2 is 1.85 bits per heavy atom. The Hall–Kier alpha value is -2.33. The zero-order valence-electron chi connectivity index (χ0n) is 10.8. The molecule has 2 aromatic heterocycles. The molecule has 0 amide bonds. The van der Waals surface area contributed by atoms with Crippen molar-refractivity contribution >= 4 is 28.5 Å². The lowest BCUT2D eigenvalue weighted by Gasteiger charge is -2.11. The fourth-order valence-electron chi connectivity index (χ4n) is 2.12. The summed E-state index contributed by atoms with van der Waals surface area (Å²) < 4.78 is 5.37. The van der Waals surface area contributed by atoms with Gasteiger partial charge < -0.3 is 10.5 Å². The van der Waals surface area contributed by atoms with Gasteiger partial charge in [0.2, 0.25) is 0 Å². The summed E-state index contributed by atoms with van der Waals surface area (Å²) in [5, 5.41) is 1.28. The van der Waals surface area contributed by atoms with Crippen molar-refractivity contribution in [3.8, 4) is 16.9 Å². The molecule has 3 rings (SSSR count). The fraction of sp³-hybridized carbons (Fsp3) is 0.0667. The highest BCUT2D eigenvalue weighted by atomic mass is 35.5. The molecule has 4 nitrogen and oxygen atoms in total. The molecular weight excluding hydrogens is 274 g/mol. The number of halogens is 1. The molecule has 0 saturated heterocycles. The van der Waals surface area contributed by atoms with Crippen LogP contribution in [0.5, 0.6) is 5.75 Å². The molecule has 0 bridgehead atoms. The number of anilines is 1. The first-order chi connectivity index (χ1) is 9.69. The minimum Gasteiger partial charge on any atom is -0.496 e. The highest BCUT2D eigenvalue weighted by Crippen LogP contribution is 2.34. The van der Waals surface area contributed by atoms with E-state index in [2.05, 4.69) is 9.97 Å². The van der Waals surface area contributed by atoms with E-state index in [4.69, 9.17) is 22.1 Å². The fourth-order valence-corrected chi connectivity index (χ4v) is 2.27. The first-order valence-electron chi connectivity index (χ1n) is 6.05. The second kappa shape index (κ2) is 4.98. The maximum Gasteiger partial charge on any atom is 0.163 e. The number of aromatic nitrogens is 2. The number of methoxy groups -OCH3 is 1. The van der Waals surface area contributed by atoms with Crippen molar-refractivity contribution in [2.75, 3.05) is 12.8 Å². The highest BCUT2D eigenvalue weighted by Gasteiger charge is 2.11. The number of rotatable bonds is 2. The second-order valence-corrected chi connectivity index (χ2v) is 4.69. The van der Waals surface area contributed by atoms with Crippen molar-refractivity contribution in [2.24, 2.45) is 0 Å². The van der Waals surface area contributed by atoms with Crippen LogP contribution in [0.25, 0.3) is 22.2 Å². The normalized spacial score (nSPS) is 10.7. The van der Waals surface area contributed by atoms with Gasteiger partial charge in [-0.1, -0.05) is 29.8 Å². The second-order valence-electron chi connectivity index (χ2n) is 4.30. The van der Waals surface area contributed by atoms with Crippen LogP contribution in [-0.2, 0) is 0 Å². The quantitative estimate of drug-likeness (QED) is 0.732. The number of nitrogens with zero attached hydrogens (tertiary/aromatic N) is 2. The number of ether oxygens (including phenoxy) is 1. The van der Waals surface area contributed by atoms with Gasteiger partial charge in [-0.25, -0.2) is 9.97 Å². The highest BCUT2D eigenvalue weighted by molar-refractivity contribution is 6.29. The van der Waals surface area contributed by atoms with Crippen molar-refractivity contribution in [3.05, 3.63) is 47.6 Å². The molecular formula is C15H12ClN3O. The smallest absolute Gasteiger partial charge is 0.163 e. The molecule has 0 aliphatic heterocycles. The van der Waals surface area contributed by atoms with Gasteiger partial charge in [-0.3, -0.25) is 0 Å². The molecule has 1 aromatic carbocycles. The van der Waals surface area contributed by atoms with E-state index in [1.165, 1.54) is 0 Å². The Kier molecular flexibility index (Phi) is 3.16. The Labute approximate surface area is 121 Å². The third-order valence-corrected chi connectivity index (χ3v) is 3.28. The number of fused-ring (bicyclic) bond motifs is 1. The monoisotopic (exact) mass is 285 g/mol. The molecule has 0 fully saturated rings. The summed E-state index contributed by atoms with van der Waals surface area (Å²) in [6, 6.07) is 13.2. The van der Waals surface area contributed by atoms with E-state index >= 15 is 0 Å². The predicted molar refractivity (Wildman–Crippen MR) is 80.9 cm³/mol. The Morgan fingerprint density at radius 3 is 2.65 bits per heavy atom. The van der Waals surface area contributed by atoms with Crippen molar-refractivity contribution in [1.82, 2.24) is 9.97 Å². The maximum atomic E-state index is 6.04. The average molecular weight is 286 g/mol. The van der Waals surface area contributed by atoms with Gasteiger partial charge in [-0.05, 0) is 24.3 Å². The summed E-state index contributed by atoms with van der Waals surface area (Å²) in [7, 11) is 1.63. The lowest BCUT2D eigenvalue weighted by Crippen LogP contribution is -1.98. The largest absolute Gasteiger partial charge is 0.496 e. The number of para-hydroxylation sites is 1. The van der Waals surface area contributed by atoms with Gasteiger partial charge in [0.1, 0.15) is 16.7 Å². The molecule has 20 heavy (non-hydrogen) atoms. The van der Waals surface area contributed by atoms with Crippen molar-refractivity contribution in [2.45, 2.75) is 0 Å². The van der Waals surface area contributed by atoms with Gasteiger partial charge >= 0.3 is 0 Å². The van der Waals surface area contributed by atoms with E-state index in [1.807, 2.05) is 36.4 Å². The zero-order valence-corrected chi connectivity index (χ0v) is 11.6. The van der Waals surface area contributed by atoms with E-state index in [0.717, 1.165) is 22.3 Å². The number of benzene rings is 1. The molecule has 2 heterocycles. The average Bonchev–Trinajstić information content (AvgIpc) is 2.46. The Morgan fingerprint density at radius 1 is 1.05 bits per heavy atom. The van der Waals surface area contributed by atoms with Crippen molar-refractivity contribution < 1.29 is 4.74 Å². The molecule has 0 unspecified atom stereocenters. The first-order valence-corrected chi connectivity index (χ1v) is 6.43. The molecule has 0 aliphatic carbocycles. The van der Waals surface area contributed by atoms with Crippen LogP contribution >= 0.6 is 11.6 Å². The zero-order chi connectivity index (χ0) is 14.1. The molecule has 3 aromatic rings. The van der Waals surface area contributed by atoms with E-state index < -0.39 is 0 Å². The van der Waals surface area contributed by atoms with Gasteiger partial charge in [0, 0.05) is 16.5 Å². The third kappa shape index (κ3) is 2.14. The van der Waals surface area contributed by atoms with Crippen molar-refractivity contribution in [3.63, 3.8) is 0 Å². The number of nitrogen functional groups attached to an aromatic ring is 1. The Bertz CT molecular complexity index is 789. The molecule has 5 heteroatoms. The topological polar surface area (TPSA) is 61.0 Å². The van der Waals surface area contributed by atoms with Crippen molar-refractivity contribution in [1.29, 1.82) is 0 Å². The van der Waals surface area contributed by atoms with Crippen LogP contribution in [0.1, 0.15) is 0 Å². The third-order valence-electron chi connectivity index (χ3n) is 3.07. The minimum absolute atomic E-state index is 0.398. The lowest BCUT2D eigenvalue weighted by atomic mass is 10.0.